The second-order valence-corrected chi connectivity index (χ2v) is 15.3. The molecular weight excluding hydrogens is 713 g/mol. The van der Waals surface area contributed by atoms with Gasteiger partial charge >= 0.3 is 0 Å². The van der Waals surface area contributed by atoms with E-state index in [1.54, 1.807) is 12.4 Å². The Hall–Kier alpha value is -7.34. The zero-order valence-electron chi connectivity index (χ0n) is 30.7. The SMILES string of the molecule is c1ccc(-c2cc(-c3ccc(-c4cccc(-c5nc6cc(-c7cccc8ccccc78)ccc6c6c5sc5ccccc56)c4)cc3)cc(-c3ccccn3)n2)nc1. The fraction of sp³-hybridized carbons (Fsp3) is 0. The van der Waals surface area contributed by atoms with E-state index in [-0.39, 0.29) is 0 Å². The second kappa shape index (κ2) is 13.7. The molecule has 0 atom stereocenters. The summed E-state index contributed by atoms with van der Waals surface area (Å²) in [5.41, 5.74) is 13.2. The maximum Gasteiger partial charge on any atom is 0.0900 e. The third kappa shape index (κ3) is 5.93. The monoisotopic (exact) mass is 744 g/mol. The molecule has 0 saturated carbocycles. The van der Waals surface area contributed by atoms with Gasteiger partial charge in [-0.15, -0.1) is 11.3 Å². The van der Waals surface area contributed by atoms with Gasteiger partial charge in [-0.1, -0.05) is 127 Å². The number of thiophene rings is 1. The van der Waals surface area contributed by atoms with E-state index >= 15 is 0 Å². The van der Waals surface area contributed by atoms with Crippen LogP contribution in [-0.2, 0) is 0 Å². The standard InChI is InChI=1S/C52H32N4S/c1-2-15-40-35(11-1)12-10-17-41(40)37-25-26-42-46(30-37)56-51(52-50(42)43-16-3-4-20-49(43)57-52)38-14-9-13-36(29-38)33-21-23-34(24-22-33)39-31-47(44-18-5-7-27-53-44)55-48(32-39)45-19-6-8-28-54-45/h1-32H. The van der Waals surface area contributed by atoms with Gasteiger partial charge in [0, 0.05) is 38.8 Å². The number of pyridine rings is 4. The van der Waals surface area contributed by atoms with Crippen molar-refractivity contribution >= 4 is 53.2 Å². The maximum atomic E-state index is 5.48. The summed E-state index contributed by atoms with van der Waals surface area (Å²) < 4.78 is 2.47. The first-order chi connectivity index (χ1) is 28.2. The molecule has 11 rings (SSSR count). The molecule has 266 valence electrons. The number of rotatable bonds is 6. The van der Waals surface area contributed by atoms with Crippen molar-refractivity contribution in [3.8, 4) is 67.4 Å². The highest BCUT2D eigenvalue weighted by Gasteiger charge is 2.18. The van der Waals surface area contributed by atoms with E-state index in [0.717, 1.165) is 61.8 Å². The Labute approximate surface area is 333 Å². The van der Waals surface area contributed by atoms with Crippen LogP contribution in [0.3, 0.4) is 0 Å². The van der Waals surface area contributed by atoms with E-state index < -0.39 is 0 Å². The Kier molecular flexibility index (Phi) is 7.97. The van der Waals surface area contributed by atoms with Gasteiger partial charge in [-0.05, 0) is 98.8 Å². The van der Waals surface area contributed by atoms with Crippen LogP contribution in [0.25, 0.3) is 109 Å². The molecule has 57 heavy (non-hydrogen) atoms. The molecule has 11 aromatic rings. The lowest BCUT2D eigenvalue weighted by atomic mass is 9.95. The van der Waals surface area contributed by atoms with Crippen LogP contribution in [0, 0.1) is 0 Å². The van der Waals surface area contributed by atoms with Crippen LogP contribution >= 0.6 is 11.3 Å². The molecule has 0 aliphatic carbocycles. The van der Waals surface area contributed by atoms with Gasteiger partial charge in [-0.3, -0.25) is 9.97 Å². The van der Waals surface area contributed by atoms with Crippen molar-refractivity contribution < 1.29 is 0 Å². The number of benzene rings is 6. The summed E-state index contributed by atoms with van der Waals surface area (Å²) in [4.78, 5) is 19.6. The minimum absolute atomic E-state index is 0.810. The molecule has 0 N–H and O–H groups in total. The van der Waals surface area contributed by atoms with Crippen LogP contribution < -0.4 is 0 Å². The van der Waals surface area contributed by atoms with Gasteiger partial charge in [-0.2, -0.15) is 0 Å². The Morgan fingerprint density at radius 2 is 1.00 bits per heavy atom. The first kappa shape index (κ1) is 33.0. The Bertz CT molecular complexity index is 3220. The molecular formula is C52H32N4S. The van der Waals surface area contributed by atoms with Crippen LogP contribution in [0.5, 0.6) is 0 Å². The molecule has 0 bridgehead atoms. The average Bonchev–Trinajstić information content (AvgIpc) is 3.69. The van der Waals surface area contributed by atoms with E-state index in [1.165, 1.54) is 47.5 Å². The van der Waals surface area contributed by atoms with E-state index in [0.29, 0.717) is 0 Å². The summed E-state index contributed by atoms with van der Waals surface area (Å²) >= 11 is 1.82. The van der Waals surface area contributed by atoms with Crippen LogP contribution in [0.2, 0.25) is 0 Å². The van der Waals surface area contributed by atoms with Crippen molar-refractivity contribution in [2.24, 2.45) is 0 Å². The fourth-order valence-corrected chi connectivity index (χ4v) is 9.24. The summed E-state index contributed by atoms with van der Waals surface area (Å²) in [5, 5.41) is 6.19. The molecule has 0 aliphatic heterocycles. The van der Waals surface area contributed by atoms with Gasteiger partial charge in [0.05, 0.1) is 38.7 Å². The normalized spacial score (nSPS) is 11.5. The molecule has 4 nitrogen and oxygen atoms in total. The van der Waals surface area contributed by atoms with Gasteiger partial charge in [0.15, 0.2) is 0 Å². The summed E-state index contributed by atoms with van der Waals surface area (Å²) in [6.07, 6.45) is 3.60. The molecule has 0 radical (unpaired) electrons. The Morgan fingerprint density at radius 3 is 1.75 bits per heavy atom. The van der Waals surface area contributed by atoms with Crippen LogP contribution in [-0.4, -0.2) is 19.9 Å². The van der Waals surface area contributed by atoms with E-state index in [4.69, 9.17) is 9.97 Å². The number of hydrogen-bond donors (Lipinski definition) is 0. The zero-order valence-corrected chi connectivity index (χ0v) is 31.5. The molecule has 5 heterocycles. The largest absolute Gasteiger partial charge is 0.255 e. The highest BCUT2D eigenvalue weighted by atomic mass is 32.1. The molecule has 6 aromatic carbocycles. The van der Waals surface area contributed by atoms with Gasteiger partial charge in [0.1, 0.15) is 0 Å². The van der Waals surface area contributed by atoms with Crippen molar-refractivity contribution in [3.63, 3.8) is 0 Å². The molecule has 0 fully saturated rings. The molecule has 5 aromatic heterocycles. The summed E-state index contributed by atoms with van der Waals surface area (Å²) in [6, 6.07) is 64.3. The highest BCUT2D eigenvalue weighted by Crippen LogP contribution is 2.44. The Morgan fingerprint density at radius 1 is 0.368 bits per heavy atom. The van der Waals surface area contributed by atoms with E-state index in [9.17, 15) is 0 Å². The topological polar surface area (TPSA) is 51.6 Å². The molecule has 0 aliphatic rings. The van der Waals surface area contributed by atoms with Gasteiger partial charge in [0.2, 0.25) is 0 Å². The van der Waals surface area contributed by atoms with Crippen molar-refractivity contribution in [3.05, 3.63) is 194 Å². The Balaban J connectivity index is 1.01. The first-order valence-corrected chi connectivity index (χ1v) is 19.8. The van der Waals surface area contributed by atoms with Crippen molar-refractivity contribution in [2.75, 3.05) is 0 Å². The van der Waals surface area contributed by atoms with Crippen LogP contribution in [0.15, 0.2) is 194 Å². The predicted molar refractivity (Wildman–Crippen MR) is 238 cm³/mol. The zero-order chi connectivity index (χ0) is 37.7. The first-order valence-electron chi connectivity index (χ1n) is 19.0. The maximum absolute atomic E-state index is 5.48. The number of aromatic nitrogens is 4. The molecule has 0 unspecified atom stereocenters. The quantitative estimate of drug-likeness (QED) is 0.170. The number of hydrogen-bond acceptors (Lipinski definition) is 5. The third-order valence-corrected chi connectivity index (χ3v) is 12.0. The third-order valence-electron chi connectivity index (χ3n) is 10.8. The lowest BCUT2D eigenvalue weighted by Crippen LogP contribution is -1.94. The van der Waals surface area contributed by atoms with Crippen molar-refractivity contribution in [1.29, 1.82) is 0 Å². The molecule has 0 amide bonds. The fourth-order valence-electron chi connectivity index (χ4n) is 8.02. The lowest BCUT2D eigenvalue weighted by Gasteiger charge is -2.12. The van der Waals surface area contributed by atoms with E-state index in [2.05, 4.69) is 156 Å². The van der Waals surface area contributed by atoms with Crippen molar-refractivity contribution in [2.45, 2.75) is 0 Å². The van der Waals surface area contributed by atoms with Gasteiger partial charge < -0.3 is 0 Å². The summed E-state index contributed by atoms with van der Waals surface area (Å²) in [7, 11) is 0. The lowest BCUT2D eigenvalue weighted by molar-refractivity contribution is 1.22. The minimum Gasteiger partial charge on any atom is -0.255 e. The molecule has 0 spiro atoms. The molecule has 5 heteroatoms. The predicted octanol–water partition coefficient (Wildman–Crippen LogP) is 13.9. The molecule has 0 saturated heterocycles. The smallest absolute Gasteiger partial charge is 0.0900 e. The average molecular weight is 745 g/mol. The highest BCUT2D eigenvalue weighted by molar-refractivity contribution is 7.26. The van der Waals surface area contributed by atoms with Crippen molar-refractivity contribution in [1.82, 2.24) is 19.9 Å². The summed E-state index contributed by atoms with van der Waals surface area (Å²) in [5.74, 6) is 0. The van der Waals surface area contributed by atoms with E-state index in [1.807, 2.05) is 47.7 Å². The van der Waals surface area contributed by atoms with Crippen LogP contribution in [0.4, 0.5) is 0 Å². The van der Waals surface area contributed by atoms with Gasteiger partial charge in [-0.25, -0.2) is 9.97 Å². The second-order valence-electron chi connectivity index (χ2n) is 14.2. The number of fused-ring (bicyclic) bond motifs is 6. The summed E-state index contributed by atoms with van der Waals surface area (Å²) in [6.45, 7) is 0. The number of nitrogens with zero attached hydrogens (tertiary/aromatic N) is 4. The van der Waals surface area contributed by atoms with Crippen LogP contribution in [0.1, 0.15) is 0 Å². The van der Waals surface area contributed by atoms with Gasteiger partial charge in [0.25, 0.3) is 0 Å². The minimum atomic E-state index is 0.810.